The highest BCUT2D eigenvalue weighted by atomic mass is 32.1. The molecule has 2 heteroatoms. The minimum atomic E-state index is -0.0175. The molecule has 16 heavy (non-hydrogen) atoms. The molecule has 1 heterocycles. The first-order chi connectivity index (χ1) is 7.64. The van der Waals surface area contributed by atoms with E-state index in [-0.39, 0.29) is 5.41 Å². The van der Waals surface area contributed by atoms with Gasteiger partial charge < -0.3 is 0 Å². The van der Waals surface area contributed by atoms with Gasteiger partial charge in [0.2, 0.25) is 0 Å². The molecule has 0 N–H and O–H groups in total. The molecule has 0 spiro atoms. The van der Waals surface area contributed by atoms with Crippen LogP contribution in [-0.4, -0.2) is 5.78 Å². The number of rotatable bonds is 4. The monoisotopic (exact) mass is 236 g/mol. The Kier molecular flexibility index (Phi) is 3.48. The van der Waals surface area contributed by atoms with Crippen molar-refractivity contribution in [2.24, 2.45) is 5.41 Å². The van der Waals surface area contributed by atoms with Gasteiger partial charge in [-0.1, -0.05) is 26.7 Å². The molecule has 2 rings (SSSR count). The van der Waals surface area contributed by atoms with Gasteiger partial charge in [0.25, 0.3) is 0 Å². The lowest BCUT2D eigenvalue weighted by Crippen LogP contribution is -2.25. The molecule has 1 aromatic heterocycles. The van der Waals surface area contributed by atoms with Crippen LogP contribution in [0.4, 0.5) is 0 Å². The summed E-state index contributed by atoms with van der Waals surface area (Å²) in [7, 11) is 0. The Bertz CT molecular complexity index is 372. The Morgan fingerprint density at radius 2 is 1.94 bits per heavy atom. The first-order valence-corrected chi connectivity index (χ1v) is 7.06. The van der Waals surface area contributed by atoms with E-state index in [1.54, 1.807) is 11.3 Å². The van der Waals surface area contributed by atoms with Gasteiger partial charge in [0.15, 0.2) is 0 Å². The average Bonchev–Trinajstić information content (AvgIpc) is 2.88. The predicted octanol–water partition coefficient (Wildman–Crippen LogP) is 4.00. The molecule has 1 nitrogen and oxygen atoms in total. The van der Waals surface area contributed by atoms with E-state index in [2.05, 4.69) is 26.0 Å². The van der Waals surface area contributed by atoms with E-state index in [1.807, 2.05) is 0 Å². The van der Waals surface area contributed by atoms with E-state index in [0.717, 1.165) is 19.3 Å². The standard InChI is InChI=1S/C14H20OS/c1-3-11-6-7-12(16-11)10-13(15)14(2)8-4-5-9-14/h6-7H,3-5,8-10H2,1-2H3. The Labute approximate surface area is 102 Å². The third-order valence-electron chi connectivity index (χ3n) is 3.78. The molecule has 0 unspecified atom stereocenters. The number of thiophene rings is 1. The zero-order valence-electron chi connectivity index (χ0n) is 10.2. The summed E-state index contributed by atoms with van der Waals surface area (Å²) in [5.74, 6) is 0.453. The molecule has 0 bridgehead atoms. The number of hydrogen-bond donors (Lipinski definition) is 0. The van der Waals surface area contributed by atoms with Crippen LogP contribution in [0.25, 0.3) is 0 Å². The molecular formula is C14H20OS. The molecule has 0 atom stereocenters. The lowest BCUT2D eigenvalue weighted by atomic mass is 9.82. The highest BCUT2D eigenvalue weighted by Gasteiger charge is 2.35. The van der Waals surface area contributed by atoms with Crippen molar-refractivity contribution < 1.29 is 4.79 Å². The highest BCUT2D eigenvalue weighted by Crippen LogP contribution is 2.39. The lowest BCUT2D eigenvalue weighted by Gasteiger charge is -2.21. The number of aryl methyl sites for hydroxylation is 1. The largest absolute Gasteiger partial charge is 0.299 e. The molecule has 1 aliphatic carbocycles. The maximum absolute atomic E-state index is 12.2. The van der Waals surface area contributed by atoms with Crippen LogP contribution in [0.15, 0.2) is 12.1 Å². The molecule has 0 aliphatic heterocycles. The van der Waals surface area contributed by atoms with E-state index >= 15 is 0 Å². The predicted molar refractivity (Wildman–Crippen MR) is 69.0 cm³/mol. The summed E-state index contributed by atoms with van der Waals surface area (Å²) < 4.78 is 0. The summed E-state index contributed by atoms with van der Waals surface area (Å²) in [6.07, 6.45) is 6.38. The highest BCUT2D eigenvalue weighted by molar-refractivity contribution is 7.12. The smallest absolute Gasteiger partial charge is 0.143 e. The van der Waals surface area contributed by atoms with Gasteiger partial charge in [-0.15, -0.1) is 11.3 Å². The Hall–Kier alpha value is -0.630. The van der Waals surface area contributed by atoms with E-state index in [0.29, 0.717) is 12.2 Å². The third-order valence-corrected chi connectivity index (χ3v) is 5.01. The van der Waals surface area contributed by atoms with Crippen molar-refractivity contribution in [1.82, 2.24) is 0 Å². The fourth-order valence-electron chi connectivity index (χ4n) is 2.51. The van der Waals surface area contributed by atoms with E-state index in [9.17, 15) is 4.79 Å². The lowest BCUT2D eigenvalue weighted by molar-refractivity contribution is -0.126. The van der Waals surface area contributed by atoms with Crippen LogP contribution in [0.5, 0.6) is 0 Å². The summed E-state index contributed by atoms with van der Waals surface area (Å²) in [5, 5.41) is 0. The first kappa shape index (κ1) is 11.8. The second-order valence-corrected chi connectivity index (χ2v) is 6.34. The van der Waals surface area contributed by atoms with Crippen molar-refractivity contribution in [3.05, 3.63) is 21.9 Å². The zero-order chi connectivity index (χ0) is 11.6. The molecule has 0 saturated heterocycles. The first-order valence-electron chi connectivity index (χ1n) is 6.25. The summed E-state index contributed by atoms with van der Waals surface area (Å²) in [4.78, 5) is 14.9. The van der Waals surface area contributed by atoms with E-state index in [4.69, 9.17) is 0 Å². The van der Waals surface area contributed by atoms with Crippen molar-refractivity contribution in [1.29, 1.82) is 0 Å². The van der Waals surface area contributed by atoms with Crippen molar-refractivity contribution in [2.75, 3.05) is 0 Å². The van der Waals surface area contributed by atoms with Crippen LogP contribution in [0.2, 0.25) is 0 Å². The topological polar surface area (TPSA) is 17.1 Å². The molecule has 0 aromatic carbocycles. The minimum absolute atomic E-state index is 0.0175. The summed E-state index contributed by atoms with van der Waals surface area (Å²) >= 11 is 1.80. The molecule has 88 valence electrons. The zero-order valence-corrected chi connectivity index (χ0v) is 11.0. The number of Topliss-reactive ketones (excluding diaryl/α,β-unsaturated/α-hetero) is 1. The fourth-order valence-corrected chi connectivity index (χ4v) is 3.47. The van der Waals surface area contributed by atoms with Gasteiger partial charge in [0.1, 0.15) is 5.78 Å². The third kappa shape index (κ3) is 2.37. The normalized spacial score (nSPS) is 18.9. The number of carbonyl (C=O) groups excluding carboxylic acids is 1. The molecular weight excluding hydrogens is 216 g/mol. The van der Waals surface area contributed by atoms with Crippen LogP contribution < -0.4 is 0 Å². The van der Waals surface area contributed by atoms with Crippen LogP contribution in [0.1, 0.15) is 49.3 Å². The average molecular weight is 236 g/mol. The molecule has 1 aromatic rings. The fraction of sp³-hybridized carbons (Fsp3) is 0.643. The van der Waals surface area contributed by atoms with Crippen LogP contribution >= 0.6 is 11.3 Å². The maximum Gasteiger partial charge on any atom is 0.143 e. The maximum atomic E-state index is 12.2. The second-order valence-electron chi connectivity index (χ2n) is 5.09. The van der Waals surface area contributed by atoms with Gasteiger partial charge in [0.05, 0.1) is 0 Å². The molecule has 1 aliphatic rings. The Morgan fingerprint density at radius 3 is 2.50 bits per heavy atom. The van der Waals surface area contributed by atoms with E-state index < -0.39 is 0 Å². The van der Waals surface area contributed by atoms with Crippen molar-refractivity contribution in [2.45, 2.75) is 52.4 Å². The number of carbonyl (C=O) groups is 1. The van der Waals surface area contributed by atoms with E-state index in [1.165, 1.54) is 22.6 Å². The van der Waals surface area contributed by atoms with Crippen molar-refractivity contribution >= 4 is 17.1 Å². The molecule has 1 saturated carbocycles. The Morgan fingerprint density at radius 1 is 1.31 bits per heavy atom. The second kappa shape index (κ2) is 4.70. The van der Waals surface area contributed by atoms with Crippen molar-refractivity contribution in [3.63, 3.8) is 0 Å². The summed E-state index contributed by atoms with van der Waals surface area (Å²) in [6, 6.07) is 4.28. The Balaban J connectivity index is 2.01. The van der Waals surface area contributed by atoms with Gasteiger partial charge >= 0.3 is 0 Å². The number of ketones is 1. The molecule has 0 radical (unpaired) electrons. The molecule has 0 amide bonds. The van der Waals surface area contributed by atoms with Gasteiger partial charge in [-0.25, -0.2) is 0 Å². The van der Waals surface area contributed by atoms with Gasteiger partial charge in [-0.2, -0.15) is 0 Å². The van der Waals surface area contributed by atoms with Crippen LogP contribution in [0.3, 0.4) is 0 Å². The van der Waals surface area contributed by atoms with Gasteiger partial charge in [-0.3, -0.25) is 4.79 Å². The number of hydrogen-bond acceptors (Lipinski definition) is 2. The quantitative estimate of drug-likeness (QED) is 0.772. The van der Waals surface area contributed by atoms with Crippen LogP contribution in [-0.2, 0) is 17.6 Å². The van der Waals surface area contributed by atoms with Gasteiger partial charge in [0, 0.05) is 21.6 Å². The van der Waals surface area contributed by atoms with Crippen molar-refractivity contribution in [3.8, 4) is 0 Å². The van der Waals surface area contributed by atoms with Gasteiger partial charge in [-0.05, 0) is 31.4 Å². The summed E-state index contributed by atoms with van der Waals surface area (Å²) in [6.45, 7) is 4.31. The summed E-state index contributed by atoms with van der Waals surface area (Å²) in [5.41, 5.74) is -0.0175. The minimum Gasteiger partial charge on any atom is -0.299 e. The molecule has 1 fully saturated rings. The SMILES string of the molecule is CCc1ccc(CC(=O)C2(C)CCCC2)s1. The van der Waals surface area contributed by atoms with Crippen LogP contribution in [0, 0.1) is 5.41 Å².